The number of hydrogen-bond donors (Lipinski definition) is 1. The van der Waals surface area contributed by atoms with Gasteiger partial charge < -0.3 is 14.8 Å². The van der Waals surface area contributed by atoms with E-state index in [1.807, 2.05) is 0 Å². The van der Waals surface area contributed by atoms with Gasteiger partial charge in [-0.05, 0) is 36.5 Å². The highest BCUT2D eigenvalue weighted by Crippen LogP contribution is 2.33. The van der Waals surface area contributed by atoms with Gasteiger partial charge in [0.05, 0.1) is 19.4 Å². The van der Waals surface area contributed by atoms with Crippen molar-refractivity contribution in [3.63, 3.8) is 0 Å². The van der Waals surface area contributed by atoms with Gasteiger partial charge >= 0.3 is 0 Å². The van der Waals surface area contributed by atoms with Gasteiger partial charge in [-0.15, -0.1) is 0 Å². The minimum Gasteiger partial charge on any atom is -0.495 e. The highest BCUT2D eigenvalue weighted by atomic mass is 16.5. The van der Waals surface area contributed by atoms with Crippen LogP contribution in [0.15, 0.2) is 18.2 Å². The van der Waals surface area contributed by atoms with E-state index < -0.39 is 0 Å². The molecule has 0 radical (unpaired) electrons. The maximum absolute atomic E-state index is 5.48. The second kappa shape index (κ2) is 6.04. The van der Waals surface area contributed by atoms with Crippen molar-refractivity contribution in [2.75, 3.05) is 25.6 Å². The fraction of sp³-hybridized carbons (Fsp3) is 0.647. The second-order valence-corrected chi connectivity index (χ2v) is 6.72. The van der Waals surface area contributed by atoms with Gasteiger partial charge in [-0.1, -0.05) is 26.8 Å². The predicted molar refractivity (Wildman–Crippen MR) is 83.7 cm³/mol. The summed E-state index contributed by atoms with van der Waals surface area (Å²) in [5, 5.41) is 3.61. The van der Waals surface area contributed by atoms with Gasteiger partial charge in [0.2, 0.25) is 0 Å². The quantitative estimate of drug-likeness (QED) is 0.907. The van der Waals surface area contributed by atoms with Crippen LogP contribution >= 0.6 is 0 Å². The van der Waals surface area contributed by atoms with Gasteiger partial charge in [-0.3, -0.25) is 0 Å². The maximum Gasteiger partial charge on any atom is 0.141 e. The summed E-state index contributed by atoms with van der Waals surface area (Å²) in [4.78, 5) is 0. The number of ether oxygens (including phenoxy) is 2. The molecule has 2 atom stereocenters. The molecule has 1 fully saturated rings. The molecular formula is C17H27NO2. The fourth-order valence-electron chi connectivity index (χ4n) is 2.60. The van der Waals surface area contributed by atoms with Crippen molar-refractivity contribution >= 4 is 5.69 Å². The van der Waals surface area contributed by atoms with E-state index in [9.17, 15) is 0 Å². The number of rotatable bonds is 4. The predicted octanol–water partition coefficient (Wildman–Crippen LogP) is 3.83. The SMILES string of the molecule is COc1ccc(C(C)(C)C)cc1NC(C)C1CCOC1. The van der Waals surface area contributed by atoms with Crippen LogP contribution < -0.4 is 10.1 Å². The summed E-state index contributed by atoms with van der Waals surface area (Å²) >= 11 is 0. The summed E-state index contributed by atoms with van der Waals surface area (Å²) in [6.07, 6.45) is 1.13. The largest absolute Gasteiger partial charge is 0.495 e. The number of anilines is 1. The molecule has 1 aliphatic rings. The second-order valence-electron chi connectivity index (χ2n) is 6.72. The van der Waals surface area contributed by atoms with Crippen molar-refractivity contribution in [2.45, 2.75) is 45.6 Å². The summed E-state index contributed by atoms with van der Waals surface area (Å²) < 4.78 is 11.0. The molecule has 0 amide bonds. The highest BCUT2D eigenvalue weighted by Gasteiger charge is 2.23. The van der Waals surface area contributed by atoms with Gasteiger partial charge in [-0.25, -0.2) is 0 Å². The molecule has 3 nitrogen and oxygen atoms in total. The molecule has 2 rings (SSSR count). The minimum atomic E-state index is 0.141. The van der Waals surface area contributed by atoms with E-state index in [0.29, 0.717) is 12.0 Å². The van der Waals surface area contributed by atoms with Gasteiger partial charge in [0.15, 0.2) is 0 Å². The lowest BCUT2D eigenvalue weighted by Crippen LogP contribution is -2.26. The third-order valence-electron chi connectivity index (χ3n) is 4.12. The standard InChI is InChI=1S/C17H27NO2/c1-12(13-8-9-20-11-13)18-15-10-14(17(2,3)4)6-7-16(15)19-5/h6-7,10,12-13,18H,8-9,11H2,1-5H3. The Hall–Kier alpha value is -1.22. The number of nitrogens with one attached hydrogen (secondary N) is 1. The molecular weight excluding hydrogens is 250 g/mol. The van der Waals surface area contributed by atoms with E-state index in [-0.39, 0.29) is 5.41 Å². The van der Waals surface area contributed by atoms with Crippen molar-refractivity contribution in [1.82, 2.24) is 0 Å². The zero-order valence-corrected chi connectivity index (χ0v) is 13.3. The molecule has 20 heavy (non-hydrogen) atoms. The fourth-order valence-corrected chi connectivity index (χ4v) is 2.60. The third-order valence-corrected chi connectivity index (χ3v) is 4.12. The molecule has 1 saturated heterocycles. The van der Waals surface area contributed by atoms with Crippen LogP contribution in [0.3, 0.4) is 0 Å². The molecule has 112 valence electrons. The average molecular weight is 277 g/mol. The molecule has 0 saturated carbocycles. The summed E-state index contributed by atoms with van der Waals surface area (Å²) in [6.45, 7) is 10.7. The Kier molecular flexibility index (Phi) is 4.59. The summed E-state index contributed by atoms with van der Waals surface area (Å²) in [7, 11) is 1.72. The van der Waals surface area contributed by atoms with Crippen LogP contribution in [0.2, 0.25) is 0 Å². The van der Waals surface area contributed by atoms with Gasteiger partial charge in [-0.2, -0.15) is 0 Å². The number of hydrogen-bond acceptors (Lipinski definition) is 3. The third kappa shape index (κ3) is 3.45. The first kappa shape index (κ1) is 15.2. The summed E-state index contributed by atoms with van der Waals surface area (Å²) in [6, 6.07) is 6.81. The first-order chi connectivity index (χ1) is 9.41. The van der Waals surface area contributed by atoms with Crippen LogP contribution in [0.25, 0.3) is 0 Å². The molecule has 0 aliphatic carbocycles. The van der Waals surface area contributed by atoms with Crippen molar-refractivity contribution in [3.05, 3.63) is 23.8 Å². The van der Waals surface area contributed by atoms with E-state index in [1.54, 1.807) is 7.11 Å². The van der Waals surface area contributed by atoms with Crippen molar-refractivity contribution in [1.29, 1.82) is 0 Å². The van der Waals surface area contributed by atoms with Crippen LogP contribution in [-0.4, -0.2) is 26.4 Å². The molecule has 1 aromatic rings. The van der Waals surface area contributed by atoms with Crippen LogP contribution in [0.1, 0.15) is 39.7 Å². The number of methoxy groups -OCH3 is 1. The molecule has 1 aliphatic heterocycles. The minimum absolute atomic E-state index is 0.141. The Morgan fingerprint density at radius 1 is 1.35 bits per heavy atom. The average Bonchev–Trinajstić information content (AvgIpc) is 2.91. The van der Waals surface area contributed by atoms with Crippen LogP contribution in [0.4, 0.5) is 5.69 Å². The van der Waals surface area contributed by atoms with Gasteiger partial charge in [0.25, 0.3) is 0 Å². The first-order valence-corrected chi connectivity index (χ1v) is 7.44. The van der Waals surface area contributed by atoms with Gasteiger partial charge in [0.1, 0.15) is 5.75 Å². The van der Waals surface area contributed by atoms with Crippen molar-refractivity contribution in [2.24, 2.45) is 5.92 Å². The summed E-state index contributed by atoms with van der Waals surface area (Å²) in [5.74, 6) is 1.49. The van der Waals surface area contributed by atoms with E-state index >= 15 is 0 Å². The van der Waals surface area contributed by atoms with Crippen molar-refractivity contribution in [3.8, 4) is 5.75 Å². The molecule has 0 aromatic heterocycles. The maximum atomic E-state index is 5.48. The van der Waals surface area contributed by atoms with E-state index in [0.717, 1.165) is 31.1 Å². The van der Waals surface area contributed by atoms with Crippen LogP contribution in [-0.2, 0) is 10.2 Å². The van der Waals surface area contributed by atoms with E-state index in [1.165, 1.54) is 5.56 Å². The van der Waals surface area contributed by atoms with Gasteiger partial charge in [0, 0.05) is 18.6 Å². The monoisotopic (exact) mass is 277 g/mol. The molecule has 1 aromatic carbocycles. The molecule has 3 heteroatoms. The molecule has 1 N–H and O–H groups in total. The van der Waals surface area contributed by atoms with Crippen LogP contribution in [0, 0.1) is 5.92 Å². The van der Waals surface area contributed by atoms with E-state index in [4.69, 9.17) is 9.47 Å². The smallest absolute Gasteiger partial charge is 0.141 e. The lowest BCUT2D eigenvalue weighted by Gasteiger charge is -2.25. The Balaban J connectivity index is 2.19. The Morgan fingerprint density at radius 2 is 2.10 bits per heavy atom. The van der Waals surface area contributed by atoms with E-state index in [2.05, 4.69) is 51.2 Å². The normalized spacial score (nSPS) is 20.8. The topological polar surface area (TPSA) is 30.5 Å². The van der Waals surface area contributed by atoms with Crippen molar-refractivity contribution < 1.29 is 9.47 Å². The number of benzene rings is 1. The Morgan fingerprint density at radius 3 is 2.65 bits per heavy atom. The lowest BCUT2D eigenvalue weighted by atomic mass is 9.86. The zero-order chi connectivity index (χ0) is 14.8. The lowest BCUT2D eigenvalue weighted by molar-refractivity contribution is 0.183. The molecule has 0 bridgehead atoms. The summed E-state index contributed by atoms with van der Waals surface area (Å²) in [5.41, 5.74) is 2.54. The molecule has 0 spiro atoms. The van der Waals surface area contributed by atoms with Crippen LogP contribution in [0.5, 0.6) is 5.75 Å². The Bertz CT molecular complexity index is 445. The Labute approximate surface area is 122 Å². The molecule has 2 unspecified atom stereocenters. The first-order valence-electron chi connectivity index (χ1n) is 7.44. The highest BCUT2D eigenvalue weighted by molar-refractivity contribution is 5.59. The zero-order valence-electron chi connectivity index (χ0n) is 13.3. The molecule has 1 heterocycles.